The van der Waals surface area contributed by atoms with Crippen molar-refractivity contribution in [1.29, 1.82) is 5.26 Å². The van der Waals surface area contributed by atoms with Gasteiger partial charge in [0.1, 0.15) is 5.40 Å². The highest BCUT2D eigenvalue weighted by Crippen LogP contribution is 2.12. The molecule has 124 valence electrons. The normalized spacial score (nSPS) is 12.9. The fourth-order valence-electron chi connectivity index (χ4n) is 3.27. The molecule has 0 bridgehead atoms. The molecule has 23 heavy (non-hydrogen) atoms. The van der Waals surface area contributed by atoms with E-state index in [-0.39, 0.29) is 5.43 Å². The Morgan fingerprint density at radius 3 is 2.70 bits per heavy atom. The van der Waals surface area contributed by atoms with Crippen LogP contribution in [0.2, 0.25) is 0 Å². The zero-order valence-corrected chi connectivity index (χ0v) is 15.0. The molecule has 0 aliphatic heterocycles. The summed E-state index contributed by atoms with van der Waals surface area (Å²) in [5.41, 5.74) is 2.17. The van der Waals surface area contributed by atoms with E-state index in [1.807, 2.05) is 6.92 Å². The third kappa shape index (κ3) is 4.29. The van der Waals surface area contributed by atoms with Crippen molar-refractivity contribution in [2.45, 2.75) is 71.1 Å². The molecule has 0 aromatic carbocycles. The second-order valence-corrected chi connectivity index (χ2v) is 6.87. The van der Waals surface area contributed by atoms with Crippen LogP contribution in [0.15, 0.2) is 4.79 Å². The Balaban J connectivity index is 2.38. The minimum Gasteiger partial charge on any atom is -0.334 e. The molecule has 0 spiro atoms. The van der Waals surface area contributed by atoms with E-state index in [4.69, 9.17) is 5.26 Å². The Morgan fingerprint density at radius 1 is 1.22 bits per heavy atom. The number of aromatic nitrogens is 1. The Morgan fingerprint density at radius 2 is 1.96 bits per heavy atom. The van der Waals surface area contributed by atoms with Gasteiger partial charge in [0.05, 0.1) is 5.88 Å². The standard InChI is InChI=1S/C19H26N2OS/c1-3-4-5-6-7-11-17-15(2)19(22)16-10-8-9-12-18(16)21(17)14-23-13-20/h10,12H,3-9,11,14H2,1-2H3. The highest BCUT2D eigenvalue weighted by atomic mass is 32.2. The van der Waals surface area contributed by atoms with Crippen LogP contribution >= 0.6 is 11.8 Å². The van der Waals surface area contributed by atoms with Crippen molar-refractivity contribution in [1.82, 2.24) is 4.57 Å². The van der Waals surface area contributed by atoms with E-state index >= 15 is 0 Å². The summed E-state index contributed by atoms with van der Waals surface area (Å²) in [5.74, 6) is 0.606. The van der Waals surface area contributed by atoms with Gasteiger partial charge in [0.2, 0.25) is 0 Å². The van der Waals surface area contributed by atoms with Crippen LogP contribution in [-0.4, -0.2) is 4.57 Å². The summed E-state index contributed by atoms with van der Waals surface area (Å²) in [6.07, 6.45) is 13.2. The molecule has 0 N–H and O–H groups in total. The van der Waals surface area contributed by atoms with Crippen LogP contribution in [0.5, 0.6) is 0 Å². The summed E-state index contributed by atoms with van der Waals surface area (Å²) < 4.78 is 2.20. The number of unbranched alkanes of at least 4 members (excludes halogenated alkanes) is 4. The molecule has 1 aliphatic rings. The second-order valence-electron chi connectivity index (χ2n) is 6.14. The van der Waals surface area contributed by atoms with E-state index < -0.39 is 0 Å². The number of pyridine rings is 1. The molecule has 2 rings (SSSR count). The van der Waals surface area contributed by atoms with Crippen LogP contribution in [0.1, 0.15) is 63.1 Å². The van der Waals surface area contributed by atoms with Crippen molar-refractivity contribution in [2.75, 3.05) is 0 Å². The van der Waals surface area contributed by atoms with E-state index in [2.05, 4.69) is 29.0 Å². The van der Waals surface area contributed by atoms with E-state index in [1.54, 1.807) is 0 Å². The van der Waals surface area contributed by atoms with E-state index in [9.17, 15) is 4.79 Å². The van der Waals surface area contributed by atoms with Gasteiger partial charge in [-0.05, 0) is 44.4 Å². The third-order valence-corrected chi connectivity index (χ3v) is 5.06. The number of hydrogen-bond acceptors (Lipinski definition) is 3. The fraction of sp³-hybridized carbons (Fsp3) is 0.579. The lowest BCUT2D eigenvalue weighted by Gasteiger charge is -2.18. The molecule has 4 heteroatoms. The molecule has 0 fully saturated rings. The summed E-state index contributed by atoms with van der Waals surface area (Å²) in [6, 6.07) is 0. The largest absolute Gasteiger partial charge is 0.334 e. The first-order valence-electron chi connectivity index (χ1n) is 8.64. The van der Waals surface area contributed by atoms with Gasteiger partial charge < -0.3 is 4.57 Å². The highest BCUT2D eigenvalue weighted by molar-refractivity contribution is 8.02. The average Bonchev–Trinajstić information content (AvgIpc) is 2.58. The molecule has 1 aliphatic carbocycles. The number of nitriles is 1. The number of thiocyanates is 1. The van der Waals surface area contributed by atoms with E-state index in [0.717, 1.165) is 47.5 Å². The van der Waals surface area contributed by atoms with Crippen LogP contribution in [-0.2, 0) is 12.3 Å². The van der Waals surface area contributed by atoms with Gasteiger partial charge in [-0.2, -0.15) is 5.26 Å². The van der Waals surface area contributed by atoms with Crippen molar-refractivity contribution in [2.24, 2.45) is 0 Å². The lowest BCUT2D eigenvalue weighted by molar-refractivity contribution is 0.611. The van der Waals surface area contributed by atoms with Crippen LogP contribution < -0.4 is 16.0 Å². The average molecular weight is 330 g/mol. The zero-order valence-electron chi connectivity index (χ0n) is 14.2. The SMILES string of the molecule is CCCCCCCc1c(C)c(=O)c2c(n1CSC#N)=CCCC=2. The van der Waals surface area contributed by atoms with Gasteiger partial charge in [-0.15, -0.1) is 0 Å². The van der Waals surface area contributed by atoms with Crippen molar-refractivity contribution < 1.29 is 0 Å². The van der Waals surface area contributed by atoms with Crippen LogP contribution in [0, 0.1) is 17.6 Å². The maximum absolute atomic E-state index is 12.7. The van der Waals surface area contributed by atoms with Crippen molar-refractivity contribution in [3.8, 4) is 5.40 Å². The van der Waals surface area contributed by atoms with Crippen molar-refractivity contribution >= 4 is 23.9 Å². The Labute approximate surface area is 142 Å². The van der Waals surface area contributed by atoms with Crippen molar-refractivity contribution in [3.63, 3.8) is 0 Å². The molecule has 0 amide bonds. The maximum Gasteiger partial charge on any atom is 0.192 e. The highest BCUT2D eigenvalue weighted by Gasteiger charge is 2.13. The van der Waals surface area contributed by atoms with Gasteiger partial charge in [0.25, 0.3) is 0 Å². The Hall–Kier alpha value is -1.47. The predicted octanol–water partition coefficient (Wildman–Crippen LogP) is 3.20. The molecule has 0 saturated heterocycles. The Bertz CT molecular complexity index is 756. The summed E-state index contributed by atoms with van der Waals surface area (Å²) in [4.78, 5) is 12.7. The van der Waals surface area contributed by atoms with E-state index in [1.165, 1.54) is 37.4 Å². The number of rotatable bonds is 8. The predicted molar refractivity (Wildman–Crippen MR) is 98.5 cm³/mol. The molecule has 1 aromatic rings. The number of hydrogen-bond donors (Lipinski definition) is 0. The molecule has 1 aromatic heterocycles. The van der Waals surface area contributed by atoms with Crippen LogP contribution in [0.4, 0.5) is 0 Å². The quantitative estimate of drug-likeness (QED) is 0.543. The van der Waals surface area contributed by atoms with Gasteiger partial charge in [0, 0.05) is 21.8 Å². The second kappa shape index (κ2) is 8.98. The van der Waals surface area contributed by atoms with Crippen LogP contribution in [0.3, 0.4) is 0 Å². The van der Waals surface area contributed by atoms with Gasteiger partial charge in [0.15, 0.2) is 5.43 Å². The number of nitrogens with zero attached hydrogens (tertiary/aromatic N) is 2. The number of thioether (sulfide) groups is 1. The smallest absolute Gasteiger partial charge is 0.192 e. The van der Waals surface area contributed by atoms with Gasteiger partial charge in [-0.1, -0.05) is 44.8 Å². The topological polar surface area (TPSA) is 45.8 Å². The maximum atomic E-state index is 12.7. The third-order valence-electron chi connectivity index (χ3n) is 4.54. The molecule has 3 nitrogen and oxygen atoms in total. The first-order valence-corrected chi connectivity index (χ1v) is 9.62. The molecule has 0 saturated carbocycles. The van der Waals surface area contributed by atoms with Gasteiger partial charge in [-0.3, -0.25) is 4.79 Å². The Kier molecular flexibility index (Phi) is 6.98. The molecule has 0 radical (unpaired) electrons. The molecular formula is C19H26N2OS. The first-order chi connectivity index (χ1) is 11.2. The molecular weight excluding hydrogens is 304 g/mol. The van der Waals surface area contributed by atoms with E-state index in [0.29, 0.717) is 5.88 Å². The molecule has 0 unspecified atom stereocenters. The first kappa shape index (κ1) is 17.9. The lowest BCUT2D eigenvalue weighted by Crippen LogP contribution is -2.48. The van der Waals surface area contributed by atoms with Crippen molar-refractivity contribution in [3.05, 3.63) is 32.0 Å². The summed E-state index contributed by atoms with van der Waals surface area (Å²) >= 11 is 1.24. The van der Waals surface area contributed by atoms with Crippen LogP contribution in [0.25, 0.3) is 12.2 Å². The van der Waals surface area contributed by atoms with Gasteiger partial charge >= 0.3 is 0 Å². The minimum atomic E-state index is 0.178. The summed E-state index contributed by atoms with van der Waals surface area (Å²) in [6.45, 7) is 4.16. The fourth-order valence-corrected chi connectivity index (χ4v) is 3.75. The number of fused-ring (bicyclic) bond motifs is 1. The molecule has 0 atom stereocenters. The monoisotopic (exact) mass is 330 g/mol. The molecule has 1 heterocycles. The summed E-state index contributed by atoms with van der Waals surface area (Å²) in [5, 5.41) is 13.0. The minimum absolute atomic E-state index is 0.178. The lowest BCUT2D eigenvalue weighted by atomic mass is 10.0. The zero-order chi connectivity index (χ0) is 16.7. The summed E-state index contributed by atoms with van der Waals surface area (Å²) in [7, 11) is 0. The van der Waals surface area contributed by atoms with Gasteiger partial charge in [-0.25, -0.2) is 0 Å².